The number of aryl methyl sites for hydroxylation is 1. The first-order valence-corrected chi connectivity index (χ1v) is 7.21. The lowest BCUT2D eigenvalue weighted by Crippen LogP contribution is -2.70. The van der Waals surface area contributed by atoms with Gasteiger partial charge in [0.25, 0.3) is 28.8 Å². The molecule has 26 heavy (non-hydrogen) atoms. The van der Waals surface area contributed by atoms with E-state index in [1.165, 1.54) is 19.1 Å². The molecule has 1 aliphatic heterocycles. The van der Waals surface area contributed by atoms with Crippen LogP contribution in [0, 0.1) is 17.0 Å². The van der Waals surface area contributed by atoms with Gasteiger partial charge in [-0.15, -0.1) is 0 Å². The number of aromatic nitrogens is 2. The van der Waals surface area contributed by atoms with Crippen LogP contribution in [0.5, 0.6) is 0 Å². The van der Waals surface area contributed by atoms with Crippen LogP contribution in [0.3, 0.4) is 0 Å². The lowest BCUT2D eigenvalue weighted by Gasteiger charge is -2.38. The van der Waals surface area contributed by atoms with Crippen molar-refractivity contribution in [2.75, 3.05) is 0 Å². The van der Waals surface area contributed by atoms with E-state index in [1.807, 2.05) is 0 Å². The standard InChI is InChI=1S/C14H12N4O8/c1-5-15-6-3-2-4-7(18(25)26)8(6)12(22)17(5)14(24)10(20)9(19)11(21)16-13(14)23/h2-4,9-10,19-20,24H,1H3,(H,16,21,23). The van der Waals surface area contributed by atoms with Crippen LogP contribution in [0.15, 0.2) is 23.0 Å². The first-order valence-electron chi connectivity index (χ1n) is 7.21. The van der Waals surface area contributed by atoms with Gasteiger partial charge < -0.3 is 15.3 Å². The van der Waals surface area contributed by atoms with Gasteiger partial charge in [0.05, 0.1) is 10.4 Å². The van der Waals surface area contributed by atoms with Crippen LogP contribution < -0.4 is 10.9 Å². The topological polar surface area (TPSA) is 185 Å². The fraction of sp³-hybridized carbons (Fsp3) is 0.286. The smallest absolute Gasteiger partial charge is 0.284 e. The minimum Gasteiger partial charge on any atom is -0.384 e. The monoisotopic (exact) mass is 364 g/mol. The van der Waals surface area contributed by atoms with Crippen molar-refractivity contribution in [3.8, 4) is 0 Å². The van der Waals surface area contributed by atoms with E-state index in [9.17, 15) is 39.8 Å². The van der Waals surface area contributed by atoms with Gasteiger partial charge in [-0.2, -0.15) is 0 Å². The normalized spacial score (nSPS) is 26.0. The Morgan fingerprint density at radius 2 is 1.96 bits per heavy atom. The molecular formula is C14H12N4O8. The zero-order valence-electron chi connectivity index (χ0n) is 13.1. The summed E-state index contributed by atoms with van der Waals surface area (Å²) in [6.07, 6.45) is -4.62. The van der Waals surface area contributed by atoms with Crippen LogP contribution in [-0.2, 0) is 15.3 Å². The highest BCUT2D eigenvalue weighted by Gasteiger charge is 2.56. The molecule has 2 aromatic rings. The summed E-state index contributed by atoms with van der Waals surface area (Å²) in [6.45, 7) is 1.21. The van der Waals surface area contributed by atoms with Crippen LogP contribution in [-0.4, -0.2) is 53.8 Å². The highest BCUT2D eigenvalue weighted by atomic mass is 16.6. The Kier molecular flexibility index (Phi) is 3.83. The molecule has 2 heterocycles. The molecule has 1 fully saturated rings. The fourth-order valence-corrected chi connectivity index (χ4v) is 2.89. The SMILES string of the molecule is Cc1nc2cccc([N+](=O)[O-])c2c(=O)n1C1(O)C(=O)NC(=O)C(O)C1O. The van der Waals surface area contributed by atoms with Gasteiger partial charge in [0, 0.05) is 6.07 Å². The van der Waals surface area contributed by atoms with Gasteiger partial charge in [0.2, 0.25) is 0 Å². The summed E-state index contributed by atoms with van der Waals surface area (Å²) in [7, 11) is 0. The fourth-order valence-electron chi connectivity index (χ4n) is 2.89. The second-order valence-electron chi connectivity index (χ2n) is 5.66. The average Bonchev–Trinajstić information content (AvgIpc) is 2.57. The molecule has 1 saturated heterocycles. The van der Waals surface area contributed by atoms with E-state index in [0.29, 0.717) is 4.57 Å². The number of aliphatic hydroxyl groups excluding tert-OH is 2. The lowest BCUT2D eigenvalue weighted by atomic mass is 9.94. The predicted molar refractivity (Wildman–Crippen MR) is 82.8 cm³/mol. The molecule has 0 bridgehead atoms. The Morgan fingerprint density at radius 3 is 2.58 bits per heavy atom. The van der Waals surface area contributed by atoms with Crippen molar-refractivity contribution in [3.63, 3.8) is 0 Å². The highest BCUT2D eigenvalue weighted by molar-refractivity contribution is 6.04. The second-order valence-corrected chi connectivity index (χ2v) is 5.66. The Morgan fingerprint density at radius 1 is 1.31 bits per heavy atom. The Labute approximate surface area is 143 Å². The van der Waals surface area contributed by atoms with E-state index >= 15 is 0 Å². The maximum absolute atomic E-state index is 12.9. The van der Waals surface area contributed by atoms with Crippen LogP contribution in [0.25, 0.3) is 10.9 Å². The van der Waals surface area contributed by atoms with Crippen molar-refractivity contribution in [2.45, 2.75) is 24.9 Å². The van der Waals surface area contributed by atoms with Gasteiger partial charge in [-0.25, -0.2) is 4.98 Å². The van der Waals surface area contributed by atoms with Crippen molar-refractivity contribution >= 4 is 28.4 Å². The number of hydrogen-bond acceptors (Lipinski definition) is 9. The van der Waals surface area contributed by atoms with Crippen molar-refractivity contribution in [2.24, 2.45) is 0 Å². The van der Waals surface area contributed by atoms with E-state index in [2.05, 4.69) is 4.98 Å². The first-order chi connectivity index (χ1) is 12.1. The molecule has 3 rings (SSSR count). The van der Waals surface area contributed by atoms with Gasteiger partial charge in [-0.05, 0) is 13.0 Å². The molecule has 4 N–H and O–H groups in total. The number of hydrogen-bond donors (Lipinski definition) is 4. The molecule has 1 aromatic heterocycles. The number of piperidine rings is 1. The number of imide groups is 1. The summed E-state index contributed by atoms with van der Waals surface area (Å²) < 4.78 is 0.317. The Hall–Kier alpha value is -3.22. The van der Waals surface area contributed by atoms with Gasteiger partial charge in [0.15, 0.2) is 6.10 Å². The molecule has 2 amide bonds. The number of carbonyl (C=O) groups excluding carboxylic acids is 2. The third kappa shape index (κ3) is 2.20. The first kappa shape index (κ1) is 17.6. The van der Waals surface area contributed by atoms with Crippen molar-refractivity contribution in [1.29, 1.82) is 0 Å². The highest BCUT2D eigenvalue weighted by Crippen LogP contribution is 2.27. The van der Waals surface area contributed by atoms with E-state index < -0.39 is 51.3 Å². The quantitative estimate of drug-likeness (QED) is 0.257. The molecule has 0 radical (unpaired) electrons. The van der Waals surface area contributed by atoms with Crippen molar-refractivity contribution in [3.05, 3.63) is 44.5 Å². The van der Waals surface area contributed by atoms with Crippen molar-refractivity contribution < 1.29 is 29.8 Å². The molecule has 136 valence electrons. The zero-order chi connectivity index (χ0) is 19.4. The maximum Gasteiger partial charge on any atom is 0.284 e. The number of nitro benzene ring substituents is 1. The largest absolute Gasteiger partial charge is 0.384 e. The van der Waals surface area contributed by atoms with Gasteiger partial charge in [0.1, 0.15) is 17.3 Å². The number of benzene rings is 1. The Balaban J connectivity index is 2.40. The molecule has 12 heteroatoms. The third-order valence-corrected chi connectivity index (χ3v) is 4.13. The van der Waals surface area contributed by atoms with E-state index in [1.54, 1.807) is 5.32 Å². The summed E-state index contributed by atoms with van der Waals surface area (Å²) in [5.74, 6) is -3.02. The zero-order valence-corrected chi connectivity index (χ0v) is 13.1. The van der Waals surface area contributed by atoms with Crippen LogP contribution in [0.4, 0.5) is 5.69 Å². The van der Waals surface area contributed by atoms with Crippen LogP contribution in [0.2, 0.25) is 0 Å². The van der Waals surface area contributed by atoms with Crippen LogP contribution >= 0.6 is 0 Å². The third-order valence-electron chi connectivity index (χ3n) is 4.13. The number of aliphatic hydroxyl groups is 3. The lowest BCUT2D eigenvalue weighted by molar-refractivity contribution is -0.383. The maximum atomic E-state index is 12.9. The molecule has 1 aromatic carbocycles. The molecule has 3 unspecified atom stereocenters. The summed E-state index contributed by atoms with van der Waals surface area (Å²) in [4.78, 5) is 50.7. The summed E-state index contributed by atoms with van der Waals surface area (Å²) in [6, 6.07) is 3.65. The average molecular weight is 364 g/mol. The predicted octanol–water partition coefficient (Wildman–Crippen LogP) is -2.36. The number of amides is 2. The van der Waals surface area contributed by atoms with Gasteiger partial charge in [-0.3, -0.25) is 34.4 Å². The Bertz CT molecular complexity index is 1030. The number of nitrogens with zero attached hydrogens (tertiary/aromatic N) is 3. The molecule has 12 nitrogen and oxygen atoms in total. The summed E-state index contributed by atoms with van der Waals surface area (Å²) >= 11 is 0. The van der Waals surface area contributed by atoms with Gasteiger partial charge in [-0.1, -0.05) is 6.07 Å². The molecule has 1 aliphatic rings. The molecule has 0 aliphatic carbocycles. The second kappa shape index (κ2) is 5.66. The van der Waals surface area contributed by atoms with Crippen molar-refractivity contribution in [1.82, 2.24) is 14.9 Å². The molecule has 0 spiro atoms. The number of fused-ring (bicyclic) bond motifs is 1. The summed E-state index contributed by atoms with van der Waals surface area (Å²) in [5, 5.41) is 42.8. The minimum absolute atomic E-state index is 0.0658. The molecule has 0 saturated carbocycles. The molecular weight excluding hydrogens is 352 g/mol. The van der Waals surface area contributed by atoms with Crippen LogP contribution in [0.1, 0.15) is 5.82 Å². The van der Waals surface area contributed by atoms with E-state index in [4.69, 9.17) is 0 Å². The number of non-ortho nitro benzene ring substituents is 1. The summed E-state index contributed by atoms with van der Waals surface area (Å²) in [5.41, 5.74) is -4.99. The molecule has 3 atom stereocenters. The number of carbonyl (C=O) groups is 2. The van der Waals surface area contributed by atoms with E-state index in [-0.39, 0.29) is 11.3 Å². The van der Waals surface area contributed by atoms with E-state index in [0.717, 1.165) is 6.07 Å². The number of rotatable bonds is 2. The number of nitrogens with one attached hydrogen (secondary N) is 1. The number of nitro groups is 1. The van der Waals surface area contributed by atoms with Gasteiger partial charge >= 0.3 is 0 Å². The minimum atomic E-state index is -3.10.